The van der Waals surface area contributed by atoms with Crippen molar-refractivity contribution in [2.75, 3.05) is 30.1 Å². The van der Waals surface area contributed by atoms with E-state index in [9.17, 15) is 18.4 Å². The Kier molecular flexibility index (Phi) is 5.16. The Hall–Kier alpha value is -3.42. The van der Waals surface area contributed by atoms with Gasteiger partial charge < -0.3 is 15.0 Å². The molecule has 0 saturated carbocycles. The second kappa shape index (κ2) is 7.68. The number of thiocarbonyl (C=S) groups is 1. The largest absolute Gasteiger partial charge is 0.378 e. The molecule has 0 bridgehead atoms. The Bertz CT molecular complexity index is 1160. The number of carbonyl (C=O) groups excluding carboxylic acids is 2. The number of anilines is 2. The molecule has 1 N–H and O–H groups in total. The third-order valence-electron chi connectivity index (χ3n) is 5.41. The van der Waals surface area contributed by atoms with E-state index in [1.54, 1.807) is 0 Å². The van der Waals surface area contributed by atoms with Gasteiger partial charge in [0.2, 0.25) is 5.69 Å². The maximum atomic E-state index is 14.7. The predicted octanol–water partition coefficient (Wildman–Crippen LogP) is 3.17. The van der Waals surface area contributed by atoms with E-state index in [-0.39, 0.29) is 34.3 Å². The molecule has 2 aliphatic heterocycles. The van der Waals surface area contributed by atoms with Gasteiger partial charge in [0.05, 0.1) is 24.4 Å². The minimum atomic E-state index is -1.22. The number of nitrogens with zero attached hydrogens (tertiary/aromatic N) is 3. The lowest BCUT2D eigenvalue weighted by Gasteiger charge is -2.31. The molecule has 2 aromatic rings. The fourth-order valence-electron chi connectivity index (χ4n) is 3.85. The molecule has 0 radical (unpaired) electrons. The standard InChI is InChI=1S/C21H16F2N4O3S/c1-24-17-6-4-12(9-16(17)23)26-19(29)21(7-8-30-11-21)27(20(26)31)13-3-5-14(15(22)10-13)18(28)25-2/h3-6,9-10H,7-8,11H2,2H3,(H,25,28)/t21-/m0/s1. The van der Waals surface area contributed by atoms with Crippen molar-refractivity contribution < 1.29 is 23.1 Å². The Balaban J connectivity index is 1.81. The van der Waals surface area contributed by atoms with Crippen molar-refractivity contribution in [1.29, 1.82) is 0 Å². The second-order valence-corrected chi connectivity index (χ2v) is 7.45. The molecule has 10 heteroatoms. The minimum Gasteiger partial charge on any atom is -0.378 e. The van der Waals surface area contributed by atoms with Crippen LogP contribution in [-0.2, 0) is 9.53 Å². The van der Waals surface area contributed by atoms with Crippen LogP contribution in [0.3, 0.4) is 0 Å². The minimum absolute atomic E-state index is 0.0178. The van der Waals surface area contributed by atoms with E-state index in [1.807, 2.05) is 0 Å². The lowest BCUT2D eigenvalue weighted by molar-refractivity contribution is -0.121. The SMILES string of the molecule is [C-]#[N+]c1ccc(N2C(=O)[C@@]3(CCOC3)N(c3ccc(C(=O)NC)c(F)c3)C2=S)cc1F. The number of rotatable bonds is 3. The topological polar surface area (TPSA) is 66.2 Å². The zero-order valence-electron chi connectivity index (χ0n) is 16.3. The van der Waals surface area contributed by atoms with Crippen LogP contribution in [0.1, 0.15) is 16.8 Å². The van der Waals surface area contributed by atoms with Gasteiger partial charge in [-0.25, -0.2) is 13.6 Å². The summed E-state index contributed by atoms with van der Waals surface area (Å²) in [7, 11) is 1.39. The van der Waals surface area contributed by atoms with Gasteiger partial charge >= 0.3 is 0 Å². The molecule has 158 valence electrons. The molecule has 1 atom stereocenters. The summed E-state index contributed by atoms with van der Waals surface area (Å²) in [5.41, 5.74) is -1.10. The number of hydrogen-bond donors (Lipinski definition) is 1. The number of hydrogen-bond acceptors (Lipinski definition) is 4. The predicted molar refractivity (Wildman–Crippen MR) is 113 cm³/mol. The van der Waals surface area contributed by atoms with Crippen molar-refractivity contribution in [3.63, 3.8) is 0 Å². The van der Waals surface area contributed by atoms with Gasteiger partial charge in [0.15, 0.2) is 10.7 Å². The van der Waals surface area contributed by atoms with E-state index < -0.39 is 29.0 Å². The summed E-state index contributed by atoms with van der Waals surface area (Å²) >= 11 is 5.56. The quantitative estimate of drug-likeness (QED) is 0.584. The van der Waals surface area contributed by atoms with E-state index in [1.165, 1.54) is 41.1 Å². The van der Waals surface area contributed by atoms with Gasteiger partial charge in [0.25, 0.3) is 11.8 Å². The van der Waals surface area contributed by atoms with Crippen molar-refractivity contribution in [2.45, 2.75) is 12.0 Å². The highest BCUT2D eigenvalue weighted by Crippen LogP contribution is 2.42. The average Bonchev–Trinajstić information content (AvgIpc) is 3.31. The zero-order chi connectivity index (χ0) is 22.3. The molecule has 2 saturated heterocycles. The first kappa shape index (κ1) is 20.8. The number of nitrogens with one attached hydrogen (secondary N) is 1. The van der Waals surface area contributed by atoms with E-state index in [2.05, 4.69) is 10.2 Å². The third-order valence-corrected chi connectivity index (χ3v) is 5.77. The Labute approximate surface area is 182 Å². The van der Waals surface area contributed by atoms with Crippen LogP contribution in [0.2, 0.25) is 0 Å². The molecule has 1 spiro atoms. The van der Waals surface area contributed by atoms with Crippen molar-refractivity contribution in [1.82, 2.24) is 5.32 Å². The number of halogens is 2. The lowest BCUT2D eigenvalue weighted by Crippen LogP contribution is -2.50. The molecule has 0 aromatic heterocycles. The van der Waals surface area contributed by atoms with Gasteiger partial charge in [-0.2, -0.15) is 0 Å². The van der Waals surface area contributed by atoms with Crippen LogP contribution >= 0.6 is 12.2 Å². The zero-order valence-corrected chi connectivity index (χ0v) is 17.1. The van der Waals surface area contributed by atoms with E-state index in [0.29, 0.717) is 13.0 Å². The molecule has 7 nitrogen and oxygen atoms in total. The summed E-state index contributed by atoms with van der Waals surface area (Å²) in [6.07, 6.45) is 0.296. The third kappa shape index (κ3) is 3.13. The lowest BCUT2D eigenvalue weighted by atomic mass is 9.95. The summed E-state index contributed by atoms with van der Waals surface area (Å²) in [4.78, 5) is 31.0. The molecule has 2 aromatic carbocycles. The van der Waals surface area contributed by atoms with Gasteiger partial charge in [-0.3, -0.25) is 14.5 Å². The highest BCUT2D eigenvalue weighted by Gasteiger charge is 2.58. The maximum Gasteiger partial charge on any atom is 0.262 e. The van der Waals surface area contributed by atoms with Crippen LogP contribution in [0.15, 0.2) is 36.4 Å². The second-order valence-electron chi connectivity index (χ2n) is 7.08. The van der Waals surface area contributed by atoms with Crippen LogP contribution in [0.25, 0.3) is 4.85 Å². The van der Waals surface area contributed by atoms with Crippen molar-refractivity contribution in [3.05, 3.63) is 65.0 Å². The first-order chi connectivity index (χ1) is 14.8. The van der Waals surface area contributed by atoms with Crippen LogP contribution in [-0.4, -0.2) is 42.7 Å². The average molecular weight is 442 g/mol. The van der Waals surface area contributed by atoms with Crippen molar-refractivity contribution in [2.24, 2.45) is 0 Å². The fourth-order valence-corrected chi connectivity index (χ4v) is 4.31. The number of carbonyl (C=O) groups is 2. The van der Waals surface area contributed by atoms with Gasteiger partial charge in [-0.1, -0.05) is 6.07 Å². The molecule has 0 unspecified atom stereocenters. The molecule has 2 heterocycles. The van der Waals surface area contributed by atoms with E-state index in [4.69, 9.17) is 23.5 Å². The summed E-state index contributed by atoms with van der Waals surface area (Å²) in [6, 6.07) is 7.72. The van der Waals surface area contributed by atoms with Crippen molar-refractivity contribution >= 4 is 46.2 Å². The number of ether oxygens (including phenoxy) is 1. The van der Waals surface area contributed by atoms with Crippen LogP contribution < -0.4 is 15.1 Å². The van der Waals surface area contributed by atoms with Crippen LogP contribution in [0.5, 0.6) is 0 Å². The summed E-state index contributed by atoms with van der Waals surface area (Å²) in [5, 5.41) is 2.39. The van der Waals surface area contributed by atoms with Gasteiger partial charge in [-0.05, 0) is 42.5 Å². The van der Waals surface area contributed by atoms with Gasteiger partial charge in [-0.15, -0.1) is 0 Å². The number of benzene rings is 2. The van der Waals surface area contributed by atoms with Gasteiger partial charge in [0, 0.05) is 25.8 Å². The summed E-state index contributed by atoms with van der Waals surface area (Å²) in [5.74, 6) is -2.56. The molecule has 2 fully saturated rings. The molecular weight excluding hydrogens is 426 g/mol. The highest BCUT2D eigenvalue weighted by molar-refractivity contribution is 7.81. The normalized spacial score (nSPS) is 20.5. The highest BCUT2D eigenvalue weighted by atomic mass is 32.1. The van der Waals surface area contributed by atoms with Gasteiger partial charge in [0.1, 0.15) is 11.6 Å². The molecule has 4 rings (SSSR count). The van der Waals surface area contributed by atoms with Crippen molar-refractivity contribution in [3.8, 4) is 0 Å². The molecule has 31 heavy (non-hydrogen) atoms. The van der Waals surface area contributed by atoms with E-state index in [0.717, 1.165) is 12.1 Å². The van der Waals surface area contributed by atoms with Crippen LogP contribution in [0.4, 0.5) is 25.8 Å². The Morgan fingerprint density at radius 3 is 2.52 bits per heavy atom. The molecular formula is C21H16F2N4O3S. The summed E-state index contributed by atoms with van der Waals surface area (Å²) in [6.45, 7) is 7.30. The monoisotopic (exact) mass is 442 g/mol. The first-order valence-corrected chi connectivity index (χ1v) is 9.70. The fraction of sp³-hybridized carbons (Fsp3) is 0.238. The van der Waals surface area contributed by atoms with E-state index >= 15 is 0 Å². The molecule has 2 aliphatic rings. The maximum absolute atomic E-state index is 14.7. The first-order valence-electron chi connectivity index (χ1n) is 9.29. The molecule has 2 amide bonds. The smallest absolute Gasteiger partial charge is 0.262 e. The van der Waals surface area contributed by atoms with Crippen LogP contribution in [0, 0.1) is 18.2 Å². The Morgan fingerprint density at radius 2 is 1.94 bits per heavy atom. The Morgan fingerprint density at radius 1 is 1.23 bits per heavy atom. The molecule has 0 aliphatic carbocycles. The number of amides is 2. The summed E-state index contributed by atoms with van der Waals surface area (Å²) < 4.78 is 34.4.